The van der Waals surface area contributed by atoms with Crippen LogP contribution < -0.4 is 0 Å². The average Bonchev–Trinajstić information content (AvgIpc) is 2.30. The number of carbonyl (C=O) groups is 1. The fourth-order valence-electron chi connectivity index (χ4n) is 1.13. The number of Topliss-reactive ketones (excluding diaryl/α,β-unsaturated/α-hetero) is 1. The number of ketones is 1. The van der Waals surface area contributed by atoms with E-state index in [2.05, 4.69) is 10.2 Å². The van der Waals surface area contributed by atoms with Gasteiger partial charge in [0.15, 0.2) is 0 Å². The van der Waals surface area contributed by atoms with Crippen LogP contribution in [-0.2, 0) is 0 Å². The molecule has 15 heavy (non-hydrogen) atoms. The van der Waals surface area contributed by atoms with Crippen LogP contribution >= 0.6 is 0 Å². The maximum atomic E-state index is 11.6. The molecule has 1 aromatic rings. The minimum atomic E-state index is 0.00748. The number of aromatic nitrogens is 1. The van der Waals surface area contributed by atoms with Crippen LogP contribution in [0.5, 0.6) is 0 Å². The molecule has 79 valence electrons. The Hall–Kier alpha value is -1.02. The molecular formula is C10H12AsN2O2. The van der Waals surface area contributed by atoms with Crippen molar-refractivity contribution in [3.05, 3.63) is 35.0 Å². The molecule has 0 saturated carbocycles. The van der Waals surface area contributed by atoms with Gasteiger partial charge in [-0.25, -0.2) is 0 Å². The molecule has 0 bridgehead atoms. The Morgan fingerprint density at radius 3 is 3.07 bits per heavy atom. The van der Waals surface area contributed by atoms with Crippen molar-refractivity contribution in [1.29, 1.82) is 0 Å². The molecule has 0 N–H and O–H groups in total. The van der Waals surface area contributed by atoms with E-state index in [1.165, 1.54) is 0 Å². The molecule has 1 radical (unpaired) electrons. The second-order valence-corrected chi connectivity index (χ2v) is 5.46. The number of nitrogens with zero attached hydrogens (tertiary/aromatic N) is 2. The van der Waals surface area contributed by atoms with E-state index in [4.69, 9.17) is 0 Å². The summed E-state index contributed by atoms with van der Waals surface area (Å²) < 4.78 is 0. The van der Waals surface area contributed by atoms with E-state index in [1.807, 2.05) is 0 Å². The molecule has 5 heteroatoms. The van der Waals surface area contributed by atoms with E-state index in [1.54, 1.807) is 24.5 Å². The molecule has 0 aromatic carbocycles. The molecule has 4 nitrogen and oxygen atoms in total. The Bertz CT molecular complexity index is 316. The number of carbonyl (C=O) groups excluding carboxylic acids is 1. The number of nitroso groups, excluding NO2 is 1. The third-order valence-electron chi connectivity index (χ3n) is 1.86. The van der Waals surface area contributed by atoms with Crippen molar-refractivity contribution >= 4 is 21.5 Å². The molecule has 0 unspecified atom stereocenters. The Labute approximate surface area is 95.1 Å². The predicted molar refractivity (Wildman–Crippen MR) is 59.0 cm³/mol. The summed E-state index contributed by atoms with van der Waals surface area (Å²) in [6, 6.07) is 3.53. The molecule has 1 aromatic heterocycles. The predicted octanol–water partition coefficient (Wildman–Crippen LogP) is 1.89. The van der Waals surface area contributed by atoms with Crippen LogP contribution in [0.15, 0.2) is 29.7 Å². The van der Waals surface area contributed by atoms with Crippen LogP contribution in [-0.4, -0.2) is 31.9 Å². The zero-order valence-corrected chi connectivity index (χ0v) is 10.2. The standard InChI is InChI=1S/C10H12AsN2O2/c14-10(4-1-5-11-8-13-15)9-3-2-6-12-7-9/h2-3,6-7H,1,4-5,8H2. The van der Waals surface area contributed by atoms with Crippen molar-refractivity contribution < 1.29 is 4.79 Å². The topological polar surface area (TPSA) is 59.4 Å². The average molecular weight is 267 g/mol. The van der Waals surface area contributed by atoms with Gasteiger partial charge in [-0.2, -0.15) is 0 Å². The van der Waals surface area contributed by atoms with Gasteiger partial charge in [0.25, 0.3) is 0 Å². The molecule has 1 rings (SSSR count). The number of rotatable bonds is 7. The fraction of sp³-hybridized carbons (Fsp3) is 0.400. The first-order valence-electron chi connectivity index (χ1n) is 4.70. The van der Waals surface area contributed by atoms with Crippen LogP contribution in [0.2, 0.25) is 5.21 Å². The van der Waals surface area contributed by atoms with E-state index in [0.717, 1.165) is 11.6 Å². The first-order chi connectivity index (χ1) is 7.34. The van der Waals surface area contributed by atoms with E-state index >= 15 is 0 Å². The summed E-state index contributed by atoms with van der Waals surface area (Å²) in [5, 5.41) is 4.22. The van der Waals surface area contributed by atoms with Gasteiger partial charge in [0.2, 0.25) is 0 Å². The molecule has 0 atom stereocenters. The van der Waals surface area contributed by atoms with E-state index in [-0.39, 0.29) is 21.5 Å². The van der Waals surface area contributed by atoms with Crippen molar-refractivity contribution in [1.82, 2.24) is 4.98 Å². The van der Waals surface area contributed by atoms with E-state index in [0.29, 0.717) is 17.3 Å². The van der Waals surface area contributed by atoms with Crippen LogP contribution in [0.1, 0.15) is 23.2 Å². The van der Waals surface area contributed by atoms with Gasteiger partial charge in [-0.15, -0.1) is 0 Å². The van der Waals surface area contributed by atoms with E-state index in [9.17, 15) is 9.70 Å². The summed E-state index contributed by atoms with van der Waals surface area (Å²) >= 11 is 0.00748. The zero-order chi connectivity index (χ0) is 10.9. The first kappa shape index (κ1) is 12.0. The summed E-state index contributed by atoms with van der Waals surface area (Å²) in [5.41, 5.74) is 0.669. The number of hydrogen-bond acceptors (Lipinski definition) is 4. The molecular weight excluding hydrogens is 255 g/mol. The summed E-state index contributed by atoms with van der Waals surface area (Å²) in [5.74, 6) is 0.128. The molecule has 0 fully saturated rings. The zero-order valence-electron chi connectivity index (χ0n) is 8.30. The van der Waals surface area contributed by atoms with Gasteiger partial charge in [0.1, 0.15) is 0 Å². The number of hydrogen-bond donors (Lipinski definition) is 0. The fourth-order valence-corrected chi connectivity index (χ4v) is 2.40. The Kier molecular flexibility index (Phi) is 5.86. The normalized spacial score (nSPS) is 10.7. The second-order valence-electron chi connectivity index (χ2n) is 2.99. The monoisotopic (exact) mass is 267 g/mol. The second kappa shape index (κ2) is 7.29. The van der Waals surface area contributed by atoms with Crippen molar-refractivity contribution in [2.24, 2.45) is 5.18 Å². The Morgan fingerprint density at radius 2 is 2.40 bits per heavy atom. The third-order valence-corrected chi connectivity index (χ3v) is 3.85. The van der Waals surface area contributed by atoms with Crippen LogP contribution in [0.4, 0.5) is 0 Å². The van der Waals surface area contributed by atoms with Gasteiger partial charge in [-0.05, 0) is 0 Å². The van der Waals surface area contributed by atoms with Gasteiger partial charge < -0.3 is 0 Å². The first-order valence-corrected chi connectivity index (χ1v) is 7.35. The number of pyridine rings is 1. The molecule has 0 aliphatic rings. The SMILES string of the molecule is O=NC[As]CCCC(=O)c1cccnc1. The molecule has 0 saturated heterocycles. The third kappa shape index (κ3) is 4.84. The molecule has 0 spiro atoms. The van der Waals surface area contributed by atoms with Crippen molar-refractivity contribution in [3.63, 3.8) is 0 Å². The Balaban J connectivity index is 2.22. The quantitative estimate of drug-likeness (QED) is 0.328. The molecule has 0 aliphatic heterocycles. The van der Waals surface area contributed by atoms with Gasteiger partial charge in [0, 0.05) is 0 Å². The van der Waals surface area contributed by atoms with Gasteiger partial charge in [-0.1, -0.05) is 0 Å². The minimum absolute atomic E-state index is 0.00748. The maximum absolute atomic E-state index is 11.6. The summed E-state index contributed by atoms with van der Waals surface area (Å²) in [6.45, 7) is 0. The van der Waals surface area contributed by atoms with Crippen LogP contribution in [0, 0.1) is 4.91 Å². The van der Waals surface area contributed by atoms with Crippen molar-refractivity contribution in [2.75, 3.05) is 5.33 Å². The molecule has 0 amide bonds. The van der Waals surface area contributed by atoms with Crippen LogP contribution in [0.25, 0.3) is 0 Å². The van der Waals surface area contributed by atoms with Gasteiger partial charge >= 0.3 is 94.9 Å². The summed E-state index contributed by atoms with van der Waals surface area (Å²) in [7, 11) is 0. The van der Waals surface area contributed by atoms with Crippen molar-refractivity contribution in [2.45, 2.75) is 18.1 Å². The molecule has 1 heterocycles. The molecule has 0 aliphatic carbocycles. The Morgan fingerprint density at radius 1 is 1.53 bits per heavy atom. The summed E-state index contributed by atoms with van der Waals surface area (Å²) in [4.78, 5) is 25.3. The van der Waals surface area contributed by atoms with Crippen LogP contribution in [0.3, 0.4) is 0 Å². The van der Waals surface area contributed by atoms with Gasteiger partial charge in [0.05, 0.1) is 0 Å². The summed E-state index contributed by atoms with van der Waals surface area (Å²) in [6.07, 6.45) is 4.63. The van der Waals surface area contributed by atoms with Crippen molar-refractivity contribution in [3.8, 4) is 0 Å². The van der Waals surface area contributed by atoms with E-state index < -0.39 is 0 Å². The van der Waals surface area contributed by atoms with Gasteiger partial charge in [-0.3, -0.25) is 0 Å².